The van der Waals surface area contributed by atoms with E-state index in [4.69, 9.17) is 16.3 Å². The zero-order valence-electron chi connectivity index (χ0n) is 14.8. The van der Waals surface area contributed by atoms with E-state index in [0.717, 1.165) is 4.57 Å². The van der Waals surface area contributed by atoms with E-state index in [1.165, 1.54) is 7.11 Å². The highest BCUT2D eigenvalue weighted by molar-refractivity contribution is 6.32. The van der Waals surface area contributed by atoms with Crippen molar-refractivity contribution in [1.82, 2.24) is 9.55 Å². The summed E-state index contributed by atoms with van der Waals surface area (Å²) < 4.78 is 6.03. The molecule has 0 aliphatic rings. The highest BCUT2D eigenvalue weighted by atomic mass is 35.5. The van der Waals surface area contributed by atoms with Crippen LogP contribution in [0.15, 0.2) is 52.1 Å². The van der Waals surface area contributed by atoms with Crippen molar-refractivity contribution in [3.63, 3.8) is 0 Å². The smallest absolute Gasteiger partial charge is 0.329 e. The van der Waals surface area contributed by atoms with Gasteiger partial charge in [0.25, 0.3) is 5.56 Å². The summed E-state index contributed by atoms with van der Waals surface area (Å²) in [6.07, 6.45) is 0.261. The number of carbonyl (C=O) groups is 1. The molecule has 2 aromatic carbocycles. The van der Waals surface area contributed by atoms with Crippen LogP contribution in [-0.4, -0.2) is 22.6 Å². The van der Waals surface area contributed by atoms with Gasteiger partial charge < -0.3 is 15.0 Å². The van der Waals surface area contributed by atoms with Gasteiger partial charge in [0, 0.05) is 5.69 Å². The van der Waals surface area contributed by atoms with E-state index < -0.39 is 23.2 Å². The Bertz CT molecular complexity index is 1120. The van der Waals surface area contributed by atoms with Gasteiger partial charge in [0.05, 0.1) is 23.0 Å². The Balaban J connectivity index is 1.99. The zero-order chi connectivity index (χ0) is 19.6. The number of anilines is 1. The molecule has 3 aromatic rings. The van der Waals surface area contributed by atoms with E-state index in [-0.39, 0.29) is 6.42 Å². The van der Waals surface area contributed by atoms with E-state index in [1.54, 1.807) is 49.4 Å². The molecular formula is C19H18ClN3O4. The number of ether oxygens (including phenoxy) is 1. The molecule has 27 heavy (non-hydrogen) atoms. The van der Waals surface area contributed by atoms with E-state index in [1.807, 2.05) is 0 Å². The number of halogens is 1. The zero-order valence-corrected chi connectivity index (χ0v) is 15.5. The van der Waals surface area contributed by atoms with Gasteiger partial charge in [0.15, 0.2) is 0 Å². The predicted molar refractivity (Wildman–Crippen MR) is 105 cm³/mol. The average molecular weight is 388 g/mol. The van der Waals surface area contributed by atoms with Gasteiger partial charge in [-0.15, -0.1) is 0 Å². The number of hydrogen-bond donors (Lipinski definition) is 2. The second-order valence-corrected chi connectivity index (χ2v) is 6.32. The highest BCUT2D eigenvalue weighted by Crippen LogP contribution is 2.27. The maximum absolute atomic E-state index is 12.8. The molecule has 2 N–H and O–H groups in total. The van der Waals surface area contributed by atoms with E-state index in [2.05, 4.69) is 10.3 Å². The summed E-state index contributed by atoms with van der Waals surface area (Å²) in [5, 5.41) is 3.38. The second kappa shape index (κ2) is 7.67. The Morgan fingerprint density at radius 3 is 2.67 bits per heavy atom. The molecule has 0 bridgehead atoms. The lowest BCUT2D eigenvalue weighted by molar-refractivity contribution is -0.119. The standard InChI is InChI=1S/C19H18ClN3O4/c1-3-15(17(24)21-11-8-9-16(27-2)13(20)10-11)23-18(25)12-6-4-5-7-14(12)22-19(23)26/h4-10,15H,3H2,1-2H3,(H,21,24)(H,22,26)/t15-/m1/s1. The van der Waals surface area contributed by atoms with Crippen molar-refractivity contribution < 1.29 is 9.53 Å². The van der Waals surface area contributed by atoms with Crippen molar-refractivity contribution in [2.75, 3.05) is 12.4 Å². The van der Waals surface area contributed by atoms with Crippen LogP contribution in [0.5, 0.6) is 5.75 Å². The Hall–Kier alpha value is -3.06. The molecule has 0 saturated carbocycles. The van der Waals surface area contributed by atoms with Crippen LogP contribution in [-0.2, 0) is 4.79 Å². The third-order valence-corrected chi connectivity index (χ3v) is 4.55. The van der Waals surface area contributed by atoms with Crippen molar-refractivity contribution in [3.05, 3.63) is 68.3 Å². The van der Waals surface area contributed by atoms with Crippen LogP contribution in [0.2, 0.25) is 5.02 Å². The molecule has 3 rings (SSSR count). The van der Waals surface area contributed by atoms with Crippen LogP contribution in [0.1, 0.15) is 19.4 Å². The number of nitrogens with one attached hydrogen (secondary N) is 2. The minimum Gasteiger partial charge on any atom is -0.495 e. The van der Waals surface area contributed by atoms with Crippen LogP contribution < -0.4 is 21.3 Å². The second-order valence-electron chi connectivity index (χ2n) is 5.91. The molecule has 0 aliphatic heterocycles. The molecule has 0 fully saturated rings. The first-order valence-electron chi connectivity index (χ1n) is 8.34. The lowest BCUT2D eigenvalue weighted by Crippen LogP contribution is -2.42. The number of methoxy groups -OCH3 is 1. The topological polar surface area (TPSA) is 93.2 Å². The largest absolute Gasteiger partial charge is 0.495 e. The normalized spacial score (nSPS) is 12.0. The van der Waals surface area contributed by atoms with Gasteiger partial charge in [-0.1, -0.05) is 30.7 Å². The Labute approximate surface area is 159 Å². The van der Waals surface area contributed by atoms with E-state index >= 15 is 0 Å². The van der Waals surface area contributed by atoms with E-state index in [0.29, 0.717) is 27.4 Å². The van der Waals surface area contributed by atoms with Gasteiger partial charge in [0.1, 0.15) is 11.8 Å². The number of nitrogens with zero attached hydrogens (tertiary/aromatic N) is 1. The van der Waals surface area contributed by atoms with Gasteiger partial charge in [0.2, 0.25) is 5.91 Å². The van der Waals surface area contributed by atoms with Crippen molar-refractivity contribution in [2.45, 2.75) is 19.4 Å². The van der Waals surface area contributed by atoms with Gasteiger partial charge in [-0.25, -0.2) is 9.36 Å². The fourth-order valence-corrected chi connectivity index (χ4v) is 3.17. The van der Waals surface area contributed by atoms with Crippen LogP contribution in [0.25, 0.3) is 10.9 Å². The molecule has 0 radical (unpaired) electrons. The molecule has 140 valence electrons. The summed E-state index contributed by atoms with van der Waals surface area (Å²) in [6, 6.07) is 10.5. The third kappa shape index (κ3) is 3.59. The number of hydrogen-bond acceptors (Lipinski definition) is 4. The predicted octanol–water partition coefficient (Wildman–Crippen LogP) is 2.94. The van der Waals surface area contributed by atoms with Crippen LogP contribution in [0, 0.1) is 0 Å². The molecule has 1 amide bonds. The van der Waals surface area contributed by atoms with Crippen LogP contribution >= 0.6 is 11.6 Å². The number of amides is 1. The lowest BCUT2D eigenvalue weighted by atomic mass is 10.1. The minimum absolute atomic E-state index is 0.261. The van der Waals surface area contributed by atoms with Crippen molar-refractivity contribution >= 4 is 34.1 Å². The summed E-state index contributed by atoms with van der Waals surface area (Å²) >= 11 is 6.07. The van der Waals surface area contributed by atoms with Crippen LogP contribution in [0.3, 0.4) is 0 Å². The quantitative estimate of drug-likeness (QED) is 0.703. The highest BCUT2D eigenvalue weighted by Gasteiger charge is 2.23. The van der Waals surface area contributed by atoms with Gasteiger partial charge >= 0.3 is 5.69 Å². The molecule has 1 atom stereocenters. The number of carbonyl (C=O) groups excluding carboxylic acids is 1. The molecule has 0 saturated heterocycles. The average Bonchev–Trinajstić information content (AvgIpc) is 2.65. The van der Waals surface area contributed by atoms with Crippen molar-refractivity contribution in [2.24, 2.45) is 0 Å². The summed E-state index contributed by atoms with van der Waals surface area (Å²) in [5.41, 5.74) is -0.270. The number of fused-ring (bicyclic) bond motifs is 1. The Morgan fingerprint density at radius 2 is 2.00 bits per heavy atom. The number of para-hydroxylation sites is 1. The molecule has 1 aromatic heterocycles. The first kappa shape index (κ1) is 18.7. The maximum Gasteiger partial charge on any atom is 0.329 e. The van der Waals surface area contributed by atoms with Crippen LogP contribution in [0.4, 0.5) is 5.69 Å². The van der Waals surface area contributed by atoms with E-state index in [9.17, 15) is 14.4 Å². The molecule has 0 spiro atoms. The Morgan fingerprint density at radius 1 is 1.26 bits per heavy atom. The fraction of sp³-hybridized carbons (Fsp3) is 0.211. The number of aromatic amines is 1. The molecular weight excluding hydrogens is 370 g/mol. The molecule has 1 heterocycles. The Kier molecular flexibility index (Phi) is 5.32. The number of benzene rings is 2. The number of H-pyrrole nitrogens is 1. The minimum atomic E-state index is -0.966. The van der Waals surface area contributed by atoms with Crippen molar-refractivity contribution in [3.8, 4) is 5.75 Å². The summed E-state index contributed by atoms with van der Waals surface area (Å²) in [6.45, 7) is 1.73. The first-order valence-corrected chi connectivity index (χ1v) is 8.72. The third-order valence-electron chi connectivity index (χ3n) is 4.26. The molecule has 0 unspecified atom stereocenters. The lowest BCUT2D eigenvalue weighted by Gasteiger charge is -2.18. The summed E-state index contributed by atoms with van der Waals surface area (Å²) in [5.74, 6) is -0.00878. The fourth-order valence-electron chi connectivity index (χ4n) is 2.91. The summed E-state index contributed by atoms with van der Waals surface area (Å²) in [7, 11) is 1.49. The number of rotatable bonds is 5. The molecule has 8 heteroatoms. The summed E-state index contributed by atoms with van der Waals surface area (Å²) in [4.78, 5) is 40.6. The molecule has 7 nitrogen and oxygen atoms in total. The van der Waals surface area contributed by atoms with Gasteiger partial charge in [-0.2, -0.15) is 0 Å². The SMILES string of the molecule is CC[C@H](C(=O)Nc1ccc(OC)c(Cl)c1)n1c(=O)[nH]c2ccccc2c1=O. The van der Waals surface area contributed by atoms with Gasteiger partial charge in [-0.3, -0.25) is 9.59 Å². The first-order chi connectivity index (χ1) is 13.0. The monoisotopic (exact) mass is 387 g/mol. The molecule has 0 aliphatic carbocycles. The van der Waals surface area contributed by atoms with Gasteiger partial charge in [-0.05, 0) is 36.8 Å². The number of aromatic nitrogens is 2. The maximum atomic E-state index is 12.8. The van der Waals surface area contributed by atoms with Crippen molar-refractivity contribution in [1.29, 1.82) is 0 Å².